The summed E-state index contributed by atoms with van der Waals surface area (Å²) in [6, 6.07) is 2.22. The quantitative estimate of drug-likeness (QED) is 0.872. The highest BCUT2D eigenvalue weighted by atomic mass is 32.1. The van der Waals surface area contributed by atoms with Crippen LogP contribution in [0.2, 0.25) is 0 Å². The van der Waals surface area contributed by atoms with Crippen molar-refractivity contribution in [3.05, 3.63) is 33.7 Å². The number of nitrogens with zero attached hydrogens (tertiary/aromatic N) is 4. The molecule has 1 saturated heterocycles. The third-order valence-corrected chi connectivity index (χ3v) is 5.35. The second kappa shape index (κ2) is 8.12. The van der Waals surface area contributed by atoms with E-state index in [0.717, 1.165) is 54.7 Å². The second-order valence-corrected chi connectivity index (χ2v) is 8.32. The molecule has 0 aromatic carbocycles. The van der Waals surface area contributed by atoms with Crippen molar-refractivity contribution in [1.82, 2.24) is 20.3 Å². The number of carbonyl (C=O) groups is 1. The van der Waals surface area contributed by atoms with Gasteiger partial charge in [-0.1, -0.05) is 13.8 Å². The number of anilines is 1. The van der Waals surface area contributed by atoms with Crippen LogP contribution in [0, 0.1) is 19.8 Å². The average Bonchev–Trinajstić information content (AvgIpc) is 3.02. The van der Waals surface area contributed by atoms with Crippen LogP contribution in [0.5, 0.6) is 0 Å². The van der Waals surface area contributed by atoms with Crippen LogP contribution in [0.3, 0.4) is 0 Å². The van der Waals surface area contributed by atoms with Gasteiger partial charge in [0.25, 0.3) is 5.91 Å². The van der Waals surface area contributed by atoms with Crippen molar-refractivity contribution in [3.63, 3.8) is 0 Å². The Morgan fingerprint density at radius 1 is 1.27 bits per heavy atom. The van der Waals surface area contributed by atoms with Crippen molar-refractivity contribution in [3.8, 4) is 0 Å². The topological polar surface area (TPSA) is 71.0 Å². The zero-order chi connectivity index (χ0) is 18.7. The van der Waals surface area contributed by atoms with Gasteiger partial charge in [-0.15, -0.1) is 11.3 Å². The van der Waals surface area contributed by atoms with E-state index in [1.807, 2.05) is 25.3 Å². The van der Waals surface area contributed by atoms with Crippen LogP contribution in [0.4, 0.5) is 5.82 Å². The molecule has 140 valence electrons. The molecular weight excluding hydrogens is 346 g/mol. The summed E-state index contributed by atoms with van der Waals surface area (Å²) in [4.78, 5) is 28.1. The van der Waals surface area contributed by atoms with E-state index in [9.17, 15) is 4.79 Å². The van der Waals surface area contributed by atoms with E-state index in [1.54, 1.807) is 11.3 Å². The summed E-state index contributed by atoms with van der Waals surface area (Å²) in [6.45, 7) is 10.0. The lowest BCUT2D eigenvalue weighted by Crippen LogP contribution is -2.45. The molecule has 2 aromatic heterocycles. The molecule has 0 radical (unpaired) electrons. The highest BCUT2D eigenvalue weighted by Crippen LogP contribution is 2.20. The maximum Gasteiger partial charge on any atom is 0.270 e. The monoisotopic (exact) mass is 373 g/mol. The highest BCUT2D eigenvalue weighted by Gasteiger charge is 2.23. The molecule has 3 rings (SSSR count). The summed E-state index contributed by atoms with van der Waals surface area (Å²) < 4.78 is 0. The van der Waals surface area contributed by atoms with Crippen molar-refractivity contribution in [2.75, 3.05) is 18.0 Å². The molecule has 0 spiro atoms. The predicted molar refractivity (Wildman–Crippen MR) is 105 cm³/mol. The third kappa shape index (κ3) is 4.78. The molecule has 2 aromatic rings. The van der Waals surface area contributed by atoms with Gasteiger partial charge in [0, 0.05) is 42.7 Å². The van der Waals surface area contributed by atoms with Gasteiger partial charge in [0.2, 0.25) is 0 Å². The molecule has 0 aliphatic carbocycles. The smallest absolute Gasteiger partial charge is 0.270 e. The van der Waals surface area contributed by atoms with E-state index in [1.165, 1.54) is 0 Å². The first-order valence-corrected chi connectivity index (χ1v) is 10.1. The first-order valence-electron chi connectivity index (χ1n) is 9.23. The van der Waals surface area contributed by atoms with Gasteiger partial charge < -0.3 is 10.2 Å². The van der Waals surface area contributed by atoms with Crippen molar-refractivity contribution in [2.45, 2.75) is 53.0 Å². The number of nitrogens with one attached hydrogen (secondary N) is 1. The molecule has 1 N–H and O–H groups in total. The normalized spacial score (nSPS) is 15.5. The van der Waals surface area contributed by atoms with E-state index in [0.29, 0.717) is 11.6 Å². The summed E-state index contributed by atoms with van der Waals surface area (Å²) in [5.41, 5.74) is 1.54. The summed E-state index contributed by atoms with van der Waals surface area (Å²) in [6.07, 6.45) is 2.75. The van der Waals surface area contributed by atoms with Gasteiger partial charge in [-0.3, -0.25) is 4.79 Å². The molecule has 0 atom stereocenters. The molecule has 1 aliphatic rings. The Balaban J connectivity index is 1.53. The second-order valence-electron chi connectivity index (χ2n) is 7.37. The van der Waals surface area contributed by atoms with Gasteiger partial charge in [0.05, 0.1) is 5.01 Å². The largest absolute Gasteiger partial charge is 0.356 e. The summed E-state index contributed by atoms with van der Waals surface area (Å²) in [5, 5.41) is 6.05. The molecule has 0 saturated carbocycles. The third-order valence-electron chi connectivity index (χ3n) is 4.47. The van der Waals surface area contributed by atoms with Gasteiger partial charge in [-0.2, -0.15) is 0 Å². The van der Waals surface area contributed by atoms with Crippen LogP contribution in [0.1, 0.15) is 53.7 Å². The van der Waals surface area contributed by atoms with E-state index in [4.69, 9.17) is 0 Å². The van der Waals surface area contributed by atoms with E-state index >= 15 is 0 Å². The number of aromatic nitrogens is 3. The van der Waals surface area contributed by atoms with Crippen molar-refractivity contribution < 1.29 is 4.79 Å². The number of hydrogen-bond donors (Lipinski definition) is 1. The van der Waals surface area contributed by atoms with Crippen molar-refractivity contribution in [1.29, 1.82) is 0 Å². The van der Waals surface area contributed by atoms with E-state index in [2.05, 4.69) is 39.0 Å². The van der Waals surface area contributed by atoms with Crippen LogP contribution >= 0.6 is 11.3 Å². The van der Waals surface area contributed by atoms with Crippen molar-refractivity contribution in [2.24, 2.45) is 5.92 Å². The van der Waals surface area contributed by atoms with Crippen LogP contribution in [0.25, 0.3) is 0 Å². The average molecular weight is 374 g/mol. The van der Waals surface area contributed by atoms with Gasteiger partial charge >= 0.3 is 0 Å². The number of amides is 1. The number of carbonyl (C=O) groups excluding carboxylic acids is 1. The summed E-state index contributed by atoms with van der Waals surface area (Å²) in [5.74, 6) is 2.28. The molecule has 0 bridgehead atoms. The fourth-order valence-electron chi connectivity index (χ4n) is 3.23. The molecule has 26 heavy (non-hydrogen) atoms. The fourth-order valence-corrected chi connectivity index (χ4v) is 4.22. The number of thiazole rings is 1. The standard InChI is InChI=1S/C19H27N5OS/c1-12(2)9-18-23-16(11-26-18)19(25)22-15-5-7-24(8-6-15)17-10-13(3)20-14(4)21-17/h10-12,15H,5-9H2,1-4H3,(H,22,25). The van der Waals surface area contributed by atoms with Crippen LogP contribution in [-0.4, -0.2) is 40.0 Å². The van der Waals surface area contributed by atoms with Gasteiger partial charge in [-0.25, -0.2) is 15.0 Å². The number of piperidine rings is 1. The molecule has 7 heteroatoms. The molecule has 6 nitrogen and oxygen atoms in total. The fraction of sp³-hybridized carbons (Fsp3) is 0.579. The first kappa shape index (κ1) is 18.8. The first-order chi connectivity index (χ1) is 12.4. The Bertz CT molecular complexity index is 745. The van der Waals surface area contributed by atoms with Crippen LogP contribution < -0.4 is 10.2 Å². The van der Waals surface area contributed by atoms with Gasteiger partial charge in [-0.05, 0) is 32.6 Å². The maximum atomic E-state index is 12.5. The minimum Gasteiger partial charge on any atom is -0.356 e. The van der Waals surface area contributed by atoms with E-state index < -0.39 is 0 Å². The minimum absolute atomic E-state index is 0.0524. The van der Waals surface area contributed by atoms with Crippen LogP contribution in [0.15, 0.2) is 11.4 Å². The number of hydrogen-bond acceptors (Lipinski definition) is 6. The summed E-state index contributed by atoms with van der Waals surface area (Å²) in [7, 11) is 0. The van der Waals surface area contributed by atoms with Gasteiger partial charge in [0.15, 0.2) is 0 Å². The minimum atomic E-state index is -0.0524. The van der Waals surface area contributed by atoms with Crippen molar-refractivity contribution >= 4 is 23.1 Å². The highest BCUT2D eigenvalue weighted by molar-refractivity contribution is 7.09. The SMILES string of the molecule is Cc1cc(N2CCC(NC(=O)c3csc(CC(C)C)n3)CC2)nc(C)n1. The lowest BCUT2D eigenvalue weighted by molar-refractivity contribution is 0.0926. The molecule has 1 amide bonds. The Morgan fingerprint density at radius 2 is 2.00 bits per heavy atom. The number of aryl methyl sites for hydroxylation is 2. The Hall–Kier alpha value is -2.02. The Kier molecular flexibility index (Phi) is 5.86. The molecule has 0 unspecified atom stereocenters. The molecule has 1 fully saturated rings. The van der Waals surface area contributed by atoms with E-state index in [-0.39, 0.29) is 11.9 Å². The molecule has 1 aliphatic heterocycles. The van der Waals surface area contributed by atoms with Crippen LogP contribution in [-0.2, 0) is 6.42 Å². The maximum absolute atomic E-state index is 12.5. The molecule has 3 heterocycles. The lowest BCUT2D eigenvalue weighted by Gasteiger charge is -2.33. The Labute approximate surface area is 159 Å². The zero-order valence-electron chi connectivity index (χ0n) is 16.0. The zero-order valence-corrected chi connectivity index (χ0v) is 16.8. The van der Waals surface area contributed by atoms with Gasteiger partial charge in [0.1, 0.15) is 17.3 Å². The molecular formula is C19H27N5OS. The predicted octanol–water partition coefficient (Wildman–Crippen LogP) is 3.15. The Morgan fingerprint density at radius 3 is 2.65 bits per heavy atom. The number of rotatable bonds is 5. The summed E-state index contributed by atoms with van der Waals surface area (Å²) >= 11 is 1.57. The lowest BCUT2D eigenvalue weighted by atomic mass is 10.0.